The largest absolute Gasteiger partial charge is 0.385 e. The Morgan fingerprint density at radius 1 is 1.14 bits per heavy atom. The maximum atomic E-state index is 5.02. The molecule has 0 unspecified atom stereocenters. The lowest BCUT2D eigenvalue weighted by atomic mass is 10.0. The first-order valence-corrected chi connectivity index (χ1v) is 6.09. The van der Waals surface area contributed by atoms with Gasteiger partial charge in [0.2, 0.25) is 0 Å². The SMILES string of the molecule is COCCCCCCC[C@@H]1C=CCC1. The van der Waals surface area contributed by atoms with Crippen molar-refractivity contribution >= 4 is 0 Å². The average Bonchev–Trinajstić information content (AvgIpc) is 2.69. The van der Waals surface area contributed by atoms with E-state index >= 15 is 0 Å². The van der Waals surface area contributed by atoms with Crippen LogP contribution >= 0.6 is 0 Å². The topological polar surface area (TPSA) is 9.23 Å². The van der Waals surface area contributed by atoms with Crippen molar-refractivity contribution in [1.82, 2.24) is 0 Å². The first-order chi connectivity index (χ1) is 6.93. The Hall–Kier alpha value is -0.300. The predicted octanol–water partition coefficient (Wildman–Crippen LogP) is 3.94. The van der Waals surface area contributed by atoms with Gasteiger partial charge >= 0.3 is 0 Å². The molecule has 0 aliphatic heterocycles. The Bertz CT molecular complexity index is 151. The van der Waals surface area contributed by atoms with Crippen LogP contribution in [0, 0.1) is 5.92 Å². The third kappa shape index (κ3) is 5.43. The van der Waals surface area contributed by atoms with Gasteiger partial charge in [0.25, 0.3) is 0 Å². The molecule has 0 radical (unpaired) electrons. The van der Waals surface area contributed by atoms with Crippen molar-refractivity contribution in [2.24, 2.45) is 5.92 Å². The molecule has 0 aromatic heterocycles. The number of methoxy groups -OCH3 is 1. The van der Waals surface area contributed by atoms with Crippen molar-refractivity contribution in [3.05, 3.63) is 12.2 Å². The van der Waals surface area contributed by atoms with E-state index in [1.165, 1.54) is 51.4 Å². The maximum absolute atomic E-state index is 5.02. The summed E-state index contributed by atoms with van der Waals surface area (Å²) in [5.41, 5.74) is 0. The Balaban J connectivity index is 1.77. The molecule has 1 nitrogen and oxygen atoms in total. The quantitative estimate of drug-likeness (QED) is 0.422. The molecule has 0 spiro atoms. The van der Waals surface area contributed by atoms with Crippen LogP contribution < -0.4 is 0 Å². The minimum Gasteiger partial charge on any atom is -0.385 e. The molecule has 1 atom stereocenters. The number of unbranched alkanes of at least 4 members (excludes halogenated alkanes) is 4. The van der Waals surface area contributed by atoms with Gasteiger partial charge in [-0.3, -0.25) is 0 Å². The molecule has 82 valence electrons. The van der Waals surface area contributed by atoms with Gasteiger partial charge in [-0.15, -0.1) is 0 Å². The van der Waals surface area contributed by atoms with E-state index in [-0.39, 0.29) is 0 Å². The summed E-state index contributed by atoms with van der Waals surface area (Å²) >= 11 is 0. The number of hydrogen-bond donors (Lipinski definition) is 0. The minimum atomic E-state index is 0.911. The predicted molar refractivity (Wildman–Crippen MR) is 61.4 cm³/mol. The standard InChI is InChI=1S/C13H24O/c1-14-12-8-4-2-3-5-9-13-10-6-7-11-13/h6,10,13H,2-5,7-9,11-12H2,1H3/t13-/m1/s1. The Morgan fingerprint density at radius 3 is 2.64 bits per heavy atom. The second-order valence-electron chi connectivity index (χ2n) is 4.31. The van der Waals surface area contributed by atoms with E-state index in [0.717, 1.165) is 12.5 Å². The highest BCUT2D eigenvalue weighted by molar-refractivity contribution is 4.95. The average molecular weight is 196 g/mol. The lowest BCUT2D eigenvalue weighted by molar-refractivity contribution is 0.192. The van der Waals surface area contributed by atoms with Crippen LogP contribution in [0.15, 0.2) is 12.2 Å². The molecule has 14 heavy (non-hydrogen) atoms. The Labute approximate surface area is 88.5 Å². The molecule has 1 heteroatoms. The zero-order valence-corrected chi connectivity index (χ0v) is 9.50. The molecule has 0 aromatic carbocycles. The van der Waals surface area contributed by atoms with E-state index in [4.69, 9.17) is 4.74 Å². The molecular weight excluding hydrogens is 172 g/mol. The highest BCUT2D eigenvalue weighted by Crippen LogP contribution is 2.22. The summed E-state index contributed by atoms with van der Waals surface area (Å²) in [5, 5.41) is 0. The van der Waals surface area contributed by atoms with Gasteiger partial charge in [-0.05, 0) is 31.6 Å². The zero-order valence-electron chi connectivity index (χ0n) is 9.50. The van der Waals surface area contributed by atoms with E-state index in [9.17, 15) is 0 Å². The molecule has 1 aliphatic rings. The van der Waals surface area contributed by atoms with Crippen molar-refractivity contribution in [2.75, 3.05) is 13.7 Å². The van der Waals surface area contributed by atoms with Gasteiger partial charge in [0.05, 0.1) is 0 Å². The van der Waals surface area contributed by atoms with Crippen LogP contribution in [0.1, 0.15) is 51.4 Å². The summed E-state index contributed by atoms with van der Waals surface area (Å²) in [7, 11) is 1.78. The summed E-state index contributed by atoms with van der Waals surface area (Å²) in [4.78, 5) is 0. The Kier molecular flexibility index (Phi) is 6.77. The monoisotopic (exact) mass is 196 g/mol. The summed E-state index contributed by atoms with van der Waals surface area (Å²) in [6.07, 6.45) is 15.7. The summed E-state index contributed by atoms with van der Waals surface area (Å²) in [6.45, 7) is 0.936. The molecule has 0 fully saturated rings. The lowest BCUT2D eigenvalue weighted by Crippen LogP contribution is -1.92. The second kappa shape index (κ2) is 8.05. The smallest absolute Gasteiger partial charge is 0.0462 e. The van der Waals surface area contributed by atoms with Crippen LogP contribution in [-0.2, 0) is 4.74 Å². The first-order valence-electron chi connectivity index (χ1n) is 6.09. The fourth-order valence-corrected chi connectivity index (χ4v) is 2.12. The summed E-state index contributed by atoms with van der Waals surface area (Å²) < 4.78 is 5.02. The van der Waals surface area contributed by atoms with E-state index < -0.39 is 0 Å². The van der Waals surface area contributed by atoms with Crippen molar-refractivity contribution in [3.63, 3.8) is 0 Å². The van der Waals surface area contributed by atoms with E-state index in [1.807, 2.05) is 0 Å². The lowest BCUT2D eigenvalue weighted by Gasteiger charge is -2.06. The first kappa shape index (κ1) is 11.8. The van der Waals surface area contributed by atoms with Gasteiger partial charge in [-0.2, -0.15) is 0 Å². The third-order valence-electron chi connectivity index (χ3n) is 3.04. The fourth-order valence-electron chi connectivity index (χ4n) is 2.12. The van der Waals surface area contributed by atoms with E-state index in [0.29, 0.717) is 0 Å². The third-order valence-corrected chi connectivity index (χ3v) is 3.04. The maximum Gasteiger partial charge on any atom is 0.0462 e. The molecule has 0 heterocycles. The molecule has 0 N–H and O–H groups in total. The van der Waals surface area contributed by atoms with Crippen molar-refractivity contribution < 1.29 is 4.74 Å². The molecule has 0 saturated heterocycles. The van der Waals surface area contributed by atoms with Crippen LogP contribution in [0.4, 0.5) is 0 Å². The zero-order chi connectivity index (χ0) is 10.1. The van der Waals surface area contributed by atoms with E-state index in [2.05, 4.69) is 12.2 Å². The van der Waals surface area contributed by atoms with Gasteiger partial charge in [-0.1, -0.05) is 37.8 Å². The van der Waals surface area contributed by atoms with Crippen molar-refractivity contribution in [1.29, 1.82) is 0 Å². The van der Waals surface area contributed by atoms with Gasteiger partial charge in [-0.25, -0.2) is 0 Å². The Morgan fingerprint density at radius 2 is 1.93 bits per heavy atom. The van der Waals surface area contributed by atoms with E-state index in [1.54, 1.807) is 7.11 Å². The highest BCUT2D eigenvalue weighted by atomic mass is 16.5. The molecular formula is C13H24O. The van der Waals surface area contributed by atoms with Gasteiger partial charge in [0, 0.05) is 13.7 Å². The van der Waals surface area contributed by atoms with Crippen LogP contribution in [-0.4, -0.2) is 13.7 Å². The summed E-state index contributed by atoms with van der Waals surface area (Å²) in [6, 6.07) is 0. The van der Waals surface area contributed by atoms with Gasteiger partial charge in [0.15, 0.2) is 0 Å². The van der Waals surface area contributed by atoms with Crippen molar-refractivity contribution in [2.45, 2.75) is 51.4 Å². The van der Waals surface area contributed by atoms with Crippen LogP contribution in [0.2, 0.25) is 0 Å². The molecule has 0 amide bonds. The highest BCUT2D eigenvalue weighted by Gasteiger charge is 2.07. The number of hydrogen-bond acceptors (Lipinski definition) is 1. The number of ether oxygens (including phenoxy) is 1. The minimum absolute atomic E-state index is 0.911. The molecule has 1 aliphatic carbocycles. The normalized spacial score (nSPS) is 20.5. The number of rotatable bonds is 8. The summed E-state index contributed by atoms with van der Waals surface area (Å²) in [5.74, 6) is 0.911. The fraction of sp³-hybridized carbons (Fsp3) is 0.846. The van der Waals surface area contributed by atoms with Crippen LogP contribution in [0.3, 0.4) is 0 Å². The van der Waals surface area contributed by atoms with Crippen molar-refractivity contribution in [3.8, 4) is 0 Å². The van der Waals surface area contributed by atoms with Crippen LogP contribution in [0.5, 0.6) is 0 Å². The molecule has 0 aromatic rings. The number of allylic oxidation sites excluding steroid dienone is 2. The second-order valence-corrected chi connectivity index (χ2v) is 4.31. The van der Waals surface area contributed by atoms with Gasteiger partial charge in [0.1, 0.15) is 0 Å². The molecule has 0 saturated carbocycles. The molecule has 1 rings (SSSR count). The van der Waals surface area contributed by atoms with Crippen LogP contribution in [0.25, 0.3) is 0 Å². The van der Waals surface area contributed by atoms with Gasteiger partial charge < -0.3 is 4.74 Å². The molecule has 0 bridgehead atoms.